The lowest BCUT2D eigenvalue weighted by Crippen LogP contribution is -2.42. The maximum absolute atomic E-state index is 10.9. The average Bonchev–Trinajstić information content (AvgIpc) is 2.25. The van der Waals surface area contributed by atoms with E-state index in [0.29, 0.717) is 13.0 Å². The van der Waals surface area contributed by atoms with Gasteiger partial charge in [0.15, 0.2) is 0 Å². The molecule has 0 aromatic rings. The van der Waals surface area contributed by atoms with E-state index in [4.69, 9.17) is 9.84 Å². The van der Waals surface area contributed by atoms with E-state index < -0.39 is 12.0 Å². The number of carboxylic acids is 1. The van der Waals surface area contributed by atoms with Crippen LogP contribution in [0, 0.1) is 0 Å². The zero-order valence-corrected chi connectivity index (χ0v) is 9.37. The summed E-state index contributed by atoms with van der Waals surface area (Å²) in [6.45, 7) is 3.48. The van der Waals surface area contributed by atoms with Crippen LogP contribution >= 0.6 is 0 Å². The third kappa shape index (κ3) is 4.62. The Balaban J connectivity index is 2.22. The minimum Gasteiger partial charge on any atom is -0.480 e. The Hall–Kier alpha value is -0.610. The van der Waals surface area contributed by atoms with Crippen LogP contribution in [0.15, 0.2) is 0 Å². The molecule has 0 amide bonds. The van der Waals surface area contributed by atoms with Gasteiger partial charge in [0, 0.05) is 13.2 Å². The number of rotatable bonds is 6. The van der Waals surface area contributed by atoms with Gasteiger partial charge in [-0.25, -0.2) is 0 Å². The zero-order valence-electron chi connectivity index (χ0n) is 9.37. The van der Waals surface area contributed by atoms with E-state index in [-0.39, 0.29) is 6.10 Å². The minimum absolute atomic E-state index is 0.206. The van der Waals surface area contributed by atoms with Gasteiger partial charge in [0.2, 0.25) is 0 Å². The normalized spacial score (nSPS) is 23.7. The molecule has 0 spiro atoms. The van der Waals surface area contributed by atoms with Gasteiger partial charge in [0.05, 0.1) is 6.10 Å². The molecule has 88 valence electrons. The predicted octanol–water partition coefficient (Wildman–Crippen LogP) is 1.40. The predicted molar refractivity (Wildman–Crippen MR) is 57.9 cm³/mol. The second-order valence-corrected chi connectivity index (χ2v) is 4.08. The topological polar surface area (TPSA) is 58.6 Å². The van der Waals surface area contributed by atoms with Gasteiger partial charge in [0.25, 0.3) is 0 Å². The highest BCUT2D eigenvalue weighted by molar-refractivity contribution is 5.73. The van der Waals surface area contributed by atoms with Gasteiger partial charge in [-0.1, -0.05) is 13.3 Å². The van der Waals surface area contributed by atoms with E-state index in [0.717, 1.165) is 25.9 Å². The van der Waals surface area contributed by atoms with Crippen LogP contribution in [0.3, 0.4) is 0 Å². The molecule has 0 saturated carbocycles. The van der Waals surface area contributed by atoms with Gasteiger partial charge in [-0.2, -0.15) is 0 Å². The van der Waals surface area contributed by atoms with Crippen molar-refractivity contribution in [3.05, 3.63) is 0 Å². The fraction of sp³-hybridized carbons (Fsp3) is 0.909. The number of aliphatic carboxylic acids is 1. The van der Waals surface area contributed by atoms with Crippen molar-refractivity contribution in [1.29, 1.82) is 0 Å². The second kappa shape index (κ2) is 6.80. The first-order valence-electron chi connectivity index (χ1n) is 5.81. The van der Waals surface area contributed by atoms with Crippen LogP contribution < -0.4 is 5.32 Å². The highest BCUT2D eigenvalue weighted by Gasteiger charge is 2.19. The van der Waals surface area contributed by atoms with Crippen molar-refractivity contribution >= 4 is 5.97 Å². The summed E-state index contributed by atoms with van der Waals surface area (Å²) in [7, 11) is 0. The molecule has 1 rings (SSSR count). The Kier molecular flexibility index (Phi) is 5.65. The van der Waals surface area contributed by atoms with Crippen molar-refractivity contribution < 1.29 is 14.6 Å². The van der Waals surface area contributed by atoms with Gasteiger partial charge in [-0.15, -0.1) is 0 Å². The number of ether oxygens (including phenoxy) is 1. The zero-order chi connectivity index (χ0) is 11.1. The Bertz CT molecular complexity index is 190. The first kappa shape index (κ1) is 12.5. The molecule has 2 unspecified atom stereocenters. The van der Waals surface area contributed by atoms with Gasteiger partial charge < -0.3 is 15.2 Å². The first-order valence-corrected chi connectivity index (χ1v) is 5.81. The van der Waals surface area contributed by atoms with E-state index in [1.54, 1.807) is 0 Å². The fourth-order valence-electron chi connectivity index (χ4n) is 1.84. The van der Waals surface area contributed by atoms with Crippen LogP contribution in [0.1, 0.15) is 39.0 Å². The largest absolute Gasteiger partial charge is 0.480 e. The molecule has 0 aromatic carbocycles. The molecule has 4 heteroatoms. The van der Waals surface area contributed by atoms with E-state index in [1.165, 1.54) is 6.42 Å². The van der Waals surface area contributed by atoms with Crippen LogP contribution in [0.5, 0.6) is 0 Å². The number of hydrogen-bond donors (Lipinski definition) is 2. The standard InChI is InChI=1S/C11H21NO3/c1-2-5-10(11(13)14)12-8-9-6-3-4-7-15-9/h9-10,12H,2-8H2,1H3,(H,13,14). The monoisotopic (exact) mass is 215 g/mol. The van der Waals surface area contributed by atoms with Crippen LogP contribution in [-0.2, 0) is 9.53 Å². The van der Waals surface area contributed by atoms with Crippen LogP contribution in [0.25, 0.3) is 0 Å². The molecule has 0 bridgehead atoms. The molecule has 1 aliphatic heterocycles. The lowest BCUT2D eigenvalue weighted by molar-refractivity contribution is -0.139. The lowest BCUT2D eigenvalue weighted by Gasteiger charge is -2.24. The molecule has 1 saturated heterocycles. The van der Waals surface area contributed by atoms with E-state index in [9.17, 15) is 4.79 Å². The summed E-state index contributed by atoms with van der Waals surface area (Å²) in [4.78, 5) is 10.9. The summed E-state index contributed by atoms with van der Waals surface area (Å²) in [5, 5.41) is 12.0. The number of nitrogens with one attached hydrogen (secondary N) is 1. The molecular formula is C11H21NO3. The molecule has 0 aromatic heterocycles. The summed E-state index contributed by atoms with van der Waals surface area (Å²) in [5.41, 5.74) is 0. The van der Waals surface area contributed by atoms with E-state index in [2.05, 4.69) is 5.32 Å². The van der Waals surface area contributed by atoms with E-state index in [1.807, 2.05) is 6.92 Å². The smallest absolute Gasteiger partial charge is 0.320 e. The third-order valence-electron chi connectivity index (χ3n) is 2.74. The van der Waals surface area contributed by atoms with Gasteiger partial charge in [-0.05, 0) is 25.7 Å². The lowest BCUT2D eigenvalue weighted by atomic mass is 10.1. The van der Waals surface area contributed by atoms with Crippen molar-refractivity contribution in [1.82, 2.24) is 5.32 Å². The summed E-state index contributed by atoms with van der Waals surface area (Å²) in [5.74, 6) is -0.757. The van der Waals surface area contributed by atoms with Crippen molar-refractivity contribution in [3.8, 4) is 0 Å². The fourth-order valence-corrected chi connectivity index (χ4v) is 1.84. The van der Waals surface area contributed by atoms with Crippen molar-refractivity contribution in [3.63, 3.8) is 0 Å². The third-order valence-corrected chi connectivity index (χ3v) is 2.74. The van der Waals surface area contributed by atoms with Crippen molar-refractivity contribution in [2.24, 2.45) is 0 Å². The van der Waals surface area contributed by atoms with Gasteiger partial charge in [0.1, 0.15) is 6.04 Å². The highest BCUT2D eigenvalue weighted by atomic mass is 16.5. The molecule has 0 radical (unpaired) electrons. The van der Waals surface area contributed by atoms with Crippen LogP contribution in [0.2, 0.25) is 0 Å². The van der Waals surface area contributed by atoms with Crippen LogP contribution in [-0.4, -0.2) is 36.4 Å². The first-order chi connectivity index (χ1) is 7.24. The molecule has 1 fully saturated rings. The second-order valence-electron chi connectivity index (χ2n) is 4.08. The molecular weight excluding hydrogens is 194 g/mol. The summed E-state index contributed by atoms with van der Waals surface area (Å²) >= 11 is 0. The summed E-state index contributed by atoms with van der Waals surface area (Å²) < 4.78 is 5.53. The number of carboxylic acid groups (broad SMARTS) is 1. The minimum atomic E-state index is -0.757. The Morgan fingerprint density at radius 1 is 1.60 bits per heavy atom. The molecule has 2 N–H and O–H groups in total. The number of hydrogen-bond acceptors (Lipinski definition) is 3. The molecule has 0 aliphatic carbocycles. The Morgan fingerprint density at radius 2 is 2.40 bits per heavy atom. The van der Waals surface area contributed by atoms with Gasteiger partial charge >= 0.3 is 5.97 Å². The van der Waals surface area contributed by atoms with Crippen molar-refractivity contribution in [2.45, 2.75) is 51.2 Å². The molecule has 2 atom stereocenters. The van der Waals surface area contributed by atoms with Crippen molar-refractivity contribution in [2.75, 3.05) is 13.2 Å². The molecule has 1 heterocycles. The molecule has 4 nitrogen and oxygen atoms in total. The maximum Gasteiger partial charge on any atom is 0.320 e. The Morgan fingerprint density at radius 3 is 2.93 bits per heavy atom. The number of carbonyl (C=O) groups is 1. The molecule has 1 aliphatic rings. The SMILES string of the molecule is CCCC(NCC1CCCCO1)C(=O)O. The van der Waals surface area contributed by atoms with Gasteiger partial charge in [-0.3, -0.25) is 4.79 Å². The average molecular weight is 215 g/mol. The summed E-state index contributed by atoms with van der Waals surface area (Å²) in [6.07, 6.45) is 5.15. The maximum atomic E-state index is 10.9. The highest BCUT2D eigenvalue weighted by Crippen LogP contribution is 2.12. The summed E-state index contributed by atoms with van der Waals surface area (Å²) in [6, 6.07) is -0.416. The molecule has 15 heavy (non-hydrogen) atoms. The van der Waals surface area contributed by atoms with Crippen LogP contribution in [0.4, 0.5) is 0 Å². The van der Waals surface area contributed by atoms with E-state index >= 15 is 0 Å². The quantitative estimate of drug-likeness (QED) is 0.703. The Labute approximate surface area is 91.0 Å².